The molecule has 0 saturated heterocycles. The van der Waals surface area contributed by atoms with E-state index < -0.39 is 34.6 Å². The minimum atomic E-state index is -2.44. The van der Waals surface area contributed by atoms with Gasteiger partial charge in [0, 0.05) is 40.1 Å². The fourth-order valence-corrected chi connectivity index (χ4v) is 5.67. The predicted molar refractivity (Wildman–Crippen MR) is 131 cm³/mol. The number of aromatic nitrogens is 3. The molecule has 2 heterocycles. The highest BCUT2D eigenvalue weighted by Gasteiger charge is 2.49. The number of benzene rings is 2. The molecule has 192 valence electrons. The topological polar surface area (TPSA) is 104 Å². The van der Waals surface area contributed by atoms with Crippen LogP contribution in [0.4, 0.5) is 13.2 Å². The maximum absolute atomic E-state index is 16.2. The van der Waals surface area contributed by atoms with Crippen LogP contribution in [0.2, 0.25) is 0 Å². The number of fused-ring (bicyclic) bond motifs is 2. The summed E-state index contributed by atoms with van der Waals surface area (Å²) in [4.78, 5) is 11.7. The van der Waals surface area contributed by atoms with Gasteiger partial charge in [-0.05, 0) is 48.9 Å². The van der Waals surface area contributed by atoms with Gasteiger partial charge in [0.15, 0.2) is 17.4 Å². The Morgan fingerprint density at radius 3 is 2.78 bits per heavy atom. The maximum atomic E-state index is 16.2. The SMILES string of the molecule is COc1cc(-n2c(C(C)(C)CC#N)c([C@@H]3CC[C@@](F)(C(=O)O)C3)c3c(F)c4[nH]ncc4cc32)ccc1F. The number of ether oxygens (including phenoxy) is 1. The summed E-state index contributed by atoms with van der Waals surface area (Å²) < 4.78 is 52.8. The number of nitrogens with one attached hydrogen (secondary N) is 1. The molecule has 1 aliphatic rings. The summed E-state index contributed by atoms with van der Waals surface area (Å²) in [7, 11) is 1.34. The highest BCUT2D eigenvalue weighted by atomic mass is 19.1. The van der Waals surface area contributed by atoms with Crippen molar-refractivity contribution in [3.8, 4) is 17.5 Å². The van der Waals surface area contributed by atoms with Gasteiger partial charge in [0.25, 0.3) is 0 Å². The number of H-pyrrole nitrogens is 1. The Balaban J connectivity index is 1.94. The van der Waals surface area contributed by atoms with Crippen LogP contribution in [0.3, 0.4) is 0 Å². The van der Waals surface area contributed by atoms with Crippen LogP contribution in [0.25, 0.3) is 27.5 Å². The number of carbonyl (C=O) groups is 1. The number of nitriles is 1. The van der Waals surface area contributed by atoms with Gasteiger partial charge in [-0.2, -0.15) is 10.4 Å². The van der Waals surface area contributed by atoms with Gasteiger partial charge in [-0.25, -0.2) is 18.0 Å². The maximum Gasteiger partial charge on any atom is 0.341 e. The minimum Gasteiger partial charge on any atom is -0.494 e. The number of rotatable bonds is 6. The van der Waals surface area contributed by atoms with Crippen LogP contribution in [0, 0.1) is 23.0 Å². The molecule has 1 aliphatic carbocycles. The average Bonchev–Trinajstić information content (AvgIpc) is 3.56. The van der Waals surface area contributed by atoms with E-state index in [-0.39, 0.29) is 42.3 Å². The van der Waals surface area contributed by atoms with E-state index in [1.54, 1.807) is 10.6 Å². The summed E-state index contributed by atoms with van der Waals surface area (Å²) in [6.45, 7) is 3.65. The number of methoxy groups -OCH3 is 1. The van der Waals surface area contributed by atoms with Gasteiger partial charge in [-0.15, -0.1) is 0 Å². The summed E-state index contributed by atoms with van der Waals surface area (Å²) in [5.74, 6) is -3.38. The molecule has 2 aromatic heterocycles. The standard InChI is InChI=1S/C27H25F3N4O3/c1-26(2,8-9-31)24-20(14-6-7-27(30,12-14)25(35)36)21-18(10-15-13-32-33-23(15)22(21)29)34(24)16-4-5-17(28)19(11-16)37-3/h4-5,10-11,13-14H,6-8,12H2,1-3H3,(H,32,33)(H,35,36)/t14-,27+/m1/s1. The van der Waals surface area contributed by atoms with Gasteiger partial charge in [0.2, 0.25) is 5.67 Å². The van der Waals surface area contributed by atoms with E-state index in [4.69, 9.17) is 4.74 Å². The second-order valence-electron chi connectivity index (χ2n) is 10.3. The second-order valence-corrected chi connectivity index (χ2v) is 10.3. The zero-order valence-electron chi connectivity index (χ0n) is 20.5. The van der Waals surface area contributed by atoms with Gasteiger partial charge in [0.05, 0.1) is 24.9 Å². The van der Waals surface area contributed by atoms with Crippen molar-refractivity contribution in [3.63, 3.8) is 0 Å². The largest absolute Gasteiger partial charge is 0.494 e. The van der Waals surface area contributed by atoms with Gasteiger partial charge in [-0.3, -0.25) is 5.10 Å². The van der Waals surface area contributed by atoms with Crippen molar-refractivity contribution in [1.82, 2.24) is 14.8 Å². The van der Waals surface area contributed by atoms with Gasteiger partial charge >= 0.3 is 5.97 Å². The number of halogens is 3. The number of nitrogens with zero attached hydrogens (tertiary/aromatic N) is 3. The van der Waals surface area contributed by atoms with E-state index in [1.807, 2.05) is 13.8 Å². The number of carboxylic acids is 1. The number of alkyl halides is 1. The second kappa shape index (κ2) is 8.54. The summed E-state index contributed by atoms with van der Waals surface area (Å²) in [6.07, 6.45) is 1.17. The minimum absolute atomic E-state index is 0.0238. The van der Waals surface area contributed by atoms with Gasteiger partial charge in [0.1, 0.15) is 5.52 Å². The lowest BCUT2D eigenvalue weighted by Crippen LogP contribution is -2.30. The third-order valence-corrected chi connectivity index (χ3v) is 7.45. The van der Waals surface area contributed by atoms with Crippen LogP contribution in [-0.2, 0) is 10.2 Å². The monoisotopic (exact) mass is 510 g/mol. The van der Waals surface area contributed by atoms with Crippen molar-refractivity contribution in [1.29, 1.82) is 5.26 Å². The molecule has 37 heavy (non-hydrogen) atoms. The van der Waals surface area contributed by atoms with Crippen molar-refractivity contribution in [2.75, 3.05) is 7.11 Å². The molecule has 0 aliphatic heterocycles. The van der Waals surface area contributed by atoms with Crippen LogP contribution < -0.4 is 4.74 Å². The van der Waals surface area contributed by atoms with E-state index in [1.165, 1.54) is 31.5 Å². The molecule has 2 N–H and O–H groups in total. The Bertz CT molecular complexity index is 1600. The number of hydrogen-bond donors (Lipinski definition) is 2. The van der Waals surface area contributed by atoms with Crippen LogP contribution in [0.15, 0.2) is 30.5 Å². The quantitative estimate of drug-likeness (QED) is 0.329. The van der Waals surface area contributed by atoms with E-state index in [0.29, 0.717) is 27.8 Å². The van der Waals surface area contributed by atoms with Crippen LogP contribution in [-0.4, -0.2) is 38.6 Å². The number of carboxylic acid groups (broad SMARTS) is 1. The Kier molecular flexibility index (Phi) is 5.70. The van der Waals surface area contributed by atoms with Gasteiger partial charge < -0.3 is 14.4 Å². The first kappa shape index (κ1) is 24.7. The molecule has 0 spiro atoms. The normalized spacial score (nSPS) is 20.0. The lowest BCUT2D eigenvalue weighted by molar-refractivity contribution is -0.150. The van der Waals surface area contributed by atoms with Crippen molar-refractivity contribution < 1.29 is 27.8 Å². The van der Waals surface area contributed by atoms with Crippen LogP contribution in [0.5, 0.6) is 5.75 Å². The highest BCUT2D eigenvalue weighted by molar-refractivity contribution is 6.00. The molecule has 1 fully saturated rings. The predicted octanol–water partition coefficient (Wildman–Crippen LogP) is 6.05. The molecule has 2 atom stereocenters. The van der Waals surface area contributed by atoms with E-state index >= 15 is 8.78 Å². The van der Waals surface area contributed by atoms with E-state index in [2.05, 4.69) is 16.3 Å². The van der Waals surface area contributed by atoms with Crippen LogP contribution >= 0.6 is 0 Å². The molecule has 2 aromatic carbocycles. The smallest absolute Gasteiger partial charge is 0.341 e. The van der Waals surface area contributed by atoms with E-state index in [0.717, 1.165) is 0 Å². The third kappa shape index (κ3) is 3.72. The van der Waals surface area contributed by atoms with E-state index in [9.17, 15) is 19.6 Å². The molecule has 5 rings (SSSR count). The Morgan fingerprint density at radius 2 is 2.14 bits per heavy atom. The summed E-state index contributed by atoms with van der Waals surface area (Å²) >= 11 is 0. The molecule has 0 unspecified atom stereocenters. The zero-order valence-corrected chi connectivity index (χ0v) is 20.5. The fourth-order valence-electron chi connectivity index (χ4n) is 5.67. The molecule has 0 amide bonds. The molecule has 0 radical (unpaired) electrons. The molecular formula is C27H25F3N4O3. The first-order valence-corrected chi connectivity index (χ1v) is 11.9. The molecule has 1 saturated carbocycles. The lowest BCUT2D eigenvalue weighted by Gasteiger charge is -2.28. The van der Waals surface area contributed by atoms with Crippen molar-refractivity contribution in [3.05, 3.63) is 53.4 Å². The summed E-state index contributed by atoms with van der Waals surface area (Å²) in [5, 5.41) is 26.5. The lowest BCUT2D eigenvalue weighted by atomic mass is 9.79. The molecule has 7 nitrogen and oxygen atoms in total. The van der Waals surface area contributed by atoms with Crippen molar-refractivity contribution in [2.45, 2.75) is 56.5 Å². The molecule has 4 aromatic rings. The highest BCUT2D eigenvalue weighted by Crippen LogP contribution is 2.51. The Morgan fingerprint density at radius 1 is 1.38 bits per heavy atom. The summed E-state index contributed by atoms with van der Waals surface area (Å²) in [6, 6.07) is 8.15. The van der Waals surface area contributed by atoms with Crippen molar-refractivity contribution >= 4 is 27.8 Å². The average molecular weight is 511 g/mol. The van der Waals surface area contributed by atoms with Gasteiger partial charge in [-0.1, -0.05) is 13.8 Å². The number of hydrogen-bond acceptors (Lipinski definition) is 4. The first-order valence-electron chi connectivity index (χ1n) is 11.9. The summed E-state index contributed by atoms with van der Waals surface area (Å²) in [5.41, 5.74) is -1.28. The third-order valence-electron chi connectivity index (χ3n) is 7.45. The number of aromatic amines is 1. The molecular weight excluding hydrogens is 485 g/mol. The molecule has 10 heteroatoms. The fraction of sp³-hybridized carbons (Fsp3) is 0.370. The zero-order chi connectivity index (χ0) is 26.7. The number of aliphatic carboxylic acids is 1. The van der Waals surface area contributed by atoms with Crippen LogP contribution in [0.1, 0.15) is 56.7 Å². The Hall–Kier alpha value is -4.00. The van der Waals surface area contributed by atoms with Crippen molar-refractivity contribution in [2.24, 2.45) is 0 Å². The Labute approximate surface area is 210 Å². The molecule has 0 bridgehead atoms. The first-order chi connectivity index (χ1) is 17.5.